The lowest BCUT2D eigenvalue weighted by Crippen LogP contribution is -2.39. The van der Waals surface area contributed by atoms with Crippen LogP contribution in [0.1, 0.15) is 32.3 Å². The molecule has 1 aliphatic heterocycles. The SMILES string of the molecule is COc1ccc(CN(CC2CCCO2)C(=O)C(C)C)cc1OS(=O)(=O)c1ccc(Cl)c(Cl)c1. The van der Waals surface area contributed by atoms with Crippen molar-refractivity contribution in [1.29, 1.82) is 0 Å². The standard InChI is InChI=1S/C23H27Cl2NO6S/c1-15(2)23(27)26(14-17-5-4-10-31-17)13-16-6-9-21(30-3)22(11-16)32-33(28,29)18-7-8-19(24)20(25)12-18/h6-9,11-12,15,17H,4-5,10,13-14H2,1-3H3. The summed E-state index contributed by atoms with van der Waals surface area (Å²) < 4.78 is 42.0. The molecule has 1 aliphatic rings. The zero-order chi connectivity index (χ0) is 24.2. The molecular weight excluding hydrogens is 489 g/mol. The van der Waals surface area contributed by atoms with E-state index in [0.29, 0.717) is 18.7 Å². The monoisotopic (exact) mass is 515 g/mol. The number of amides is 1. The number of carbonyl (C=O) groups is 1. The van der Waals surface area contributed by atoms with Crippen LogP contribution in [0, 0.1) is 5.92 Å². The van der Waals surface area contributed by atoms with Crippen molar-refractivity contribution in [3.05, 3.63) is 52.0 Å². The Bertz CT molecular complexity index is 1100. The molecule has 1 heterocycles. The minimum atomic E-state index is -4.20. The van der Waals surface area contributed by atoms with E-state index in [1.54, 1.807) is 23.1 Å². The molecule has 33 heavy (non-hydrogen) atoms. The Morgan fingerprint density at radius 1 is 1.15 bits per heavy atom. The van der Waals surface area contributed by atoms with Crippen LogP contribution in [0.4, 0.5) is 0 Å². The molecule has 3 rings (SSSR count). The van der Waals surface area contributed by atoms with Gasteiger partial charge < -0.3 is 18.6 Å². The molecule has 1 amide bonds. The first-order chi connectivity index (χ1) is 15.6. The van der Waals surface area contributed by atoms with Crippen LogP contribution in [0.25, 0.3) is 0 Å². The Hall–Kier alpha value is -2.00. The number of methoxy groups -OCH3 is 1. The van der Waals surface area contributed by atoms with Gasteiger partial charge in [0.1, 0.15) is 4.90 Å². The molecule has 1 unspecified atom stereocenters. The summed E-state index contributed by atoms with van der Waals surface area (Å²) in [5.74, 6) is 0.0565. The number of hydrogen-bond acceptors (Lipinski definition) is 6. The molecule has 0 saturated carbocycles. The molecule has 2 aromatic carbocycles. The predicted molar refractivity (Wildman–Crippen MR) is 126 cm³/mol. The van der Waals surface area contributed by atoms with Crippen LogP contribution in [0.5, 0.6) is 11.5 Å². The van der Waals surface area contributed by atoms with Crippen molar-refractivity contribution >= 4 is 39.2 Å². The lowest BCUT2D eigenvalue weighted by molar-refractivity contribution is -0.136. The Morgan fingerprint density at radius 2 is 1.91 bits per heavy atom. The summed E-state index contributed by atoms with van der Waals surface area (Å²) in [6, 6.07) is 8.86. The molecule has 2 aromatic rings. The summed E-state index contributed by atoms with van der Waals surface area (Å²) in [7, 11) is -2.79. The van der Waals surface area contributed by atoms with Gasteiger partial charge in [0.25, 0.3) is 0 Å². The fourth-order valence-corrected chi connectivity index (χ4v) is 4.86. The highest BCUT2D eigenvalue weighted by molar-refractivity contribution is 7.87. The van der Waals surface area contributed by atoms with E-state index in [0.717, 1.165) is 12.8 Å². The number of carbonyl (C=O) groups excluding carboxylic acids is 1. The number of ether oxygens (including phenoxy) is 2. The number of benzene rings is 2. The summed E-state index contributed by atoms with van der Waals surface area (Å²) in [4.78, 5) is 14.4. The third-order valence-corrected chi connectivity index (χ3v) is 7.20. The second-order valence-electron chi connectivity index (χ2n) is 8.11. The van der Waals surface area contributed by atoms with Crippen LogP contribution in [-0.2, 0) is 26.2 Å². The molecule has 1 atom stereocenters. The van der Waals surface area contributed by atoms with Crippen LogP contribution in [0.2, 0.25) is 10.0 Å². The first-order valence-electron chi connectivity index (χ1n) is 10.6. The first-order valence-corrected chi connectivity index (χ1v) is 12.7. The maximum atomic E-state index is 12.8. The van der Waals surface area contributed by atoms with Crippen LogP contribution in [0.3, 0.4) is 0 Å². The van der Waals surface area contributed by atoms with Crippen molar-refractivity contribution < 1.29 is 26.9 Å². The van der Waals surface area contributed by atoms with Crippen LogP contribution in [0.15, 0.2) is 41.3 Å². The third kappa shape index (κ3) is 6.53. The fourth-order valence-electron chi connectivity index (χ4n) is 3.54. The highest BCUT2D eigenvalue weighted by atomic mass is 35.5. The lowest BCUT2D eigenvalue weighted by Gasteiger charge is -2.27. The minimum absolute atomic E-state index is 0.00306. The Morgan fingerprint density at radius 3 is 2.52 bits per heavy atom. The molecule has 0 radical (unpaired) electrons. The van der Waals surface area contributed by atoms with E-state index in [4.69, 9.17) is 36.9 Å². The Balaban J connectivity index is 1.86. The molecule has 1 saturated heterocycles. The van der Waals surface area contributed by atoms with Crippen molar-refractivity contribution in [2.24, 2.45) is 5.92 Å². The number of hydrogen-bond donors (Lipinski definition) is 0. The normalized spacial score (nSPS) is 16.1. The van der Waals surface area contributed by atoms with Gasteiger partial charge in [-0.05, 0) is 48.7 Å². The first kappa shape index (κ1) is 25.6. The second-order valence-corrected chi connectivity index (χ2v) is 10.5. The zero-order valence-electron chi connectivity index (χ0n) is 18.7. The predicted octanol–water partition coefficient (Wildman–Crippen LogP) is 4.93. The average Bonchev–Trinajstić information content (AvgIpc) is 3.27. The van der Waals surface area contributed by atoms with Gasteiger partial charge in [0, 0.05) is 25.6 Å². The van der Waals surface area contributed by atoms with E-state index in [1.165, 1.54) is 25.3 Å². The highest BCUT2D eigenvalue weighted by Gasteiger charge is 2.25. The maximum Gasteiger partial charge on any atom is 0.339 e. The molecule has 10 heteroatoms. The van der Waals surface area contributed by atoms with Gasteiger partial charge in [-0.1, -0.05) is 43.1 Å². The van der Waals surface area contributed by atoms with Gasteiger partial charge in [-0.25, -0.2) is 0 Å². The van der Waals surface area contributed by atoms with Crippen molar-refractivity contribution in [2.75, 3.05) is 20.3 Å². The van der Waals surface area contributed by atoms with E-state index < -0.39 is 10.1 Å². The van der Waals surface area contributed by atoms with Gasteiger partial charge in [-0.2, -0.15) is 8.42 Å². The van der Waals surface area contributed by atoms with Gasteiger partial charge in [-0.15, -0.1) is 0 Å². The van der Waals surface area contributed by atoms with Gasteiger partial charge in [0.05, 0.1) is 23.3 Å². The number of rotatable bonds is 9. The molecule has 0 aromatic heterocycles. The summed E-state index contributed by atoms with van der Waals surface area (Å²) >= 11 is 11.9. The summed E-state index contributed by atoms with van der Waals surface area (Å²) in [5.41, 5.74) is 0.696. The molecule has 0 spiro atoms. The van der Waals surface area contributed by atoms with Gasteiger partial charge in [-0.3, -0.25) is 4.79 Å². The fraction of sp³-hybridized carbons (Fsp3) is 0.435. The minimum Gasteiger partial charge on any atom is -0.493 e. The molecule has 1 fully saturated rings. The molecular formula is C23H27Cl2NO6S. The highest BCUT2D eigenvalue weighted by Crippen LogP contribution is 2.33. The van der Waals surface area contributed by atoms with E-state index in [2.05, 4.69) is 0 Å². The number of halogens is 2. The van der Waals surface area contributed by atoms with Crippen molar-refractivity contribution in [3.8, 4) is 11.5 Å². The quantitative estimate of drug-likeness (QED) is 0.440. The lowest BCUT2D eigenvalue weighted by atomic mass is 10.1. The number of nitrogens with zero attached hydrogens (tertiary/aromatic N) is 1. The average molecular weight is 516 g/mol. The van der Waals surface area contributed by atoms with Gasteiger partial charge in [0.2, 0.25) is 5.91 Å². The molecule has 0 bridgehead atoms. The van der Waals surface area contributed by atoms with Crippen LogP contribution in [-0.4, -0.2) is 45.6 Å². The van der Waals surface area contributed by atoms with E-state index in [1.807, 2.05) is 13.8 Å². The summed E-state index contributed by atoms with van der Waals surface area (Å²) in [6.45, 7) is 5.14. The summed E-state index contributed by atoms with van der Waals surface area (Å²) in [5, 5.41) is 0.329. The van der Waals surface area contributed by atoms with Crippen molar-refractivity contribution in [1.82, 2.24) is 4.90 Å². The van der Waals surface area contributed by atoms with Gasteiger partial charge in [0.15, 0.2) is 11.5 Å². The van der Waals surface area contributed by atoms with E-state index >= 15 is 0 Å². The van der Waals surface area contributed by atoms with Crippen molar-refractivity contribution in [3.63, 3.8) is 0 Å². The van der Waals surface area contributed by atoms with Crippen LogP contribution < -0.4 is 8.92 Å². The van der Waals surface area contributed by atoms with Crippen LogP contribution >= 0.6 is 23.2 Å². The maximum absolute atomic E-state index is 12.8. The van der Waals surface area contributed by atoms with Crippen molar-refractivity contribution in [2.45, 2.75) is 44.2 Å². The Labute approximate surface area is 204 Å². The largest absolute Gasteiger partial charge is 0.493 e. The smallest absolute Gasteiger partial charge is 0.339 e. The Kier molecular flexibility index (Phi) is 8.50. The molecule has 0 N–H and O–H groups in total. The molecule has 7 nitrogen and oxygen atoms in total. The van der Waals surface area contributed by atoms with E-state index in [9.17, 15) is 13.2 Å². The molecule has 0 aliphatic carbocycles. The molecule has 180 valence electrons. The topological polar surface area (TPSA) is 82.1 Å². The van der Waals surface area contributed by atoms with E-state index in [-0.39, 0.29) is 50.9 Å². The van der Waals surface area contributed by atoms with Gasteiger partial charge >= 0.3 is 10.1 Å². The second kappa shape index (κ2) is 11.0. The summed E-state index contributed by atoms with van der Waals surface area (Å²) in [6.07, 6.45) is 1.87. The zero-order valence-corrected chi connectivity index (χ0v) is 21.0. The third-order valence-electron chi connectivity index (χ3n) is 5.23.